The third-order valence-electron chi connectivity index (χ3n) is 8.55. The summed E-state index contributed by atoms with van der Waals surface area (Å²) in [6, 6.07) is 6.25. The van der Waals surface area contributed by atoms with Crippen LogP contribution in [0, 0.1) is 11.8 Å². The molecular formula is C27H33N3O3. The van der Waals surface area contributed by atoms with Crippen LogP contribution in [0.5, 0.6) is 5.75 Å². The third kappa shape index (κ3) is 3.33. The maximum Gasteiger partial charge on any atom is 0.259 e. The Labute approximate surface area is 194 Å². The Bertz CT molecular complexity index is 1200. The molecule has 0 unspecified atom stereocenters. The van der Waals surface area contributed by atoms with Gasteiger partial charge in [0.05, 0.1) is 18.7 Å². The van der Waals surface area contributed by atoms with E-state index in [1.165, 1.54) is 37.8 Å². The average molecular weight is 448 g/mol. The average Bonchev–Trinajstić information content (AvgIpc) is 2.85. The number of nitrogens with zero attached hydrogens (tertiary/aromatic N) is 3. The molecule has 1 aromatic carbocycles. The number of likely N-dealkylation sites (tertiary alicyclic amines) is 1. The summed E-state index contributed by atoms with van der Waals surface area (Å²) < 4.78 is 7.20. The molecule has 4 heterocycles. The minimum atomic E-state index is -0.180. The number of amides is 1. The van der Waals surface area contributed by atoms with E-state index in [0.717, 1.165) is 31.4 Å². The van der Waals surface area contributed by atoms with Gasteiger partial charge in [-0.15, -0.1) is 0 Å². The maximum atomic E-state index is 13.9. The van der Waals surface area contributed by atoms with E-state index in [9.17, 15) is 9.59 Å². The number of methoxy groups -OCH3 is 1. The number of ether oxygens (including phenoxy) is 1. The number of hydrogen-bond donors (Lipinski definition) is 0. The van der Waals surface area contributed by atoms with Crippen molar-refractivity contribution in [2.24, 2.45) is 18.9 Å². The van der Waals surface area contributed by atoms with Gasteiger partial charge in [0.15, 0.2) is 0 Å². The maximum absolute atomic E-state index is 13.9. The molecule has 0 N–H and O–H groups in total. The molecular weight excluding hydrogens is 414 g/mol. The summed E-state index contributed by atoms with van der Waals surface area (Å²) in [7, 11) is 3.51. The molecule has 4 aliphatic rings. The van der Waals surface area contributed by atoms with Gasteiger partial charge in [0.2, 0.25) is 5.43 Å². The van der Waals surface area contributed by atoms with E-state index in [4.69, 9.17) is 4.74 Å². The first-order valence-electron chi connectivity index (χ1n) is 12.5. The van der Waals surface area contributed by atoms with Gasteiger partial charge in [0, 0.05) is 43.8 Å². The van der Waals surface area contributed by atoms with Crippen molar-refractivity contribution in [1.82, 2.24) is 14.4 Å². The smallest absolute Gasteiger partial charge is 0.259 e. The molecule has 0 radical (unpaired) electrons. The lowest BCUT2D eigenvalue weighted by Gasteiger charge is -2.54. The molecule has 3 saturated heterocycles. The van der Waals surface area contributed by atoms with Crippen LogP contribution in [0.2, 0.25) is 0 Å². The van der Waals surface area contributed by atoms with Gasteiger partial charge in [0.1, 0.15) is 11.3 Å². The molecule has 0 spiro atoms. The van der Waals surface area contributed by atoms with Gasteiger partial charge in [-0.05, 0) is 62.6 Å². The second-order valence-corrected chi connectivity index (χ2v) is 10.4. The molecule has 4 atom stereocenters. The highest BCUT2D eigenvalue weighted by Gasteiger charge is 2.47. The SMILES string of the molecule is COc1ccc2c(=O)c(C(=O)N3CCCC4=C[C@@H]5C[C@@H](CN6CCCC[C@H]56)[C@@H]43)cn(C)c2c1. The summed E-state index contributed by atoms with van der Waals surface area (Å²) in [6.07, 6.45) is 11.4. The molecule has 1 aliphatic carbocycles. The second-order valence-electron chi connectivity index (χ2n) is 10.4. The van der Waals surface area contributed by atoms with E-state index in [1.807, 2.05) is 22.6 Å². The zero-order chi connectivity index (χ0) is 22.7. The molecule has 3 aliphatic heterocycles. The summed E-state index contributed by atoms with van der Waals surface area (Å²) >= 11 is 0. The first-order valence-corrected chi connectivity index (χ1v) is 12.5. The fourth-order valence-electron chi connectivity index (χ4n) is 7.10. The van der Waals surface area contributed by atoms with E-state index in [2.05, 4.69) is 11.0 Å². The zero-order valence-corrected chi connectivity index (χ0v) is 19.6. The largest absolute Gasteiger partial charge is 0.497 e. The zero-order valence-electron chi connectivity index (χ0n) is 19.6. The molecule has 174 valence electrons. The summed E-state index contributed by atoms with van der Waals surface area (Å²) in [4.78, 5) is 32.0. The molecule has 2 aromatic rings. The van der Waals surface area contributed by atoms with Crippen molar-refractivity contribution in [2.75, 3.05) is 26.7 Å². The van der Waals surface area contributed by atoms with Crippen molar-refractivity contribution in [2.45, 2.75) is 50.6 Å². The summed E-state index contributed by atoms with van der Waals surface area (Å²) in [5, 5.41) is 0.564. The van der Waals surface area contributed by atoms with Crippen LogP contribution in [0.15, 0.2) is 40.8 Å². The lowest BCUT2D eigenvalue weighted by atomic mass is 9.68. The summed E-state index contributed by atoms with van der Waals surface area (Å²) in [5.41, 5.74) is 2.33. The Morgan fingerprint density at radius 3 is 2.88 bits per heavy atom. The topological polar surface area (TPSA) is 54.8 Å². The molecule has 33 heavy (non-hydrogen) atoms. The van der Waals surface area contributed by atoms with Crippen molar-refractivity contribution in [3.63, 3.8) is 0 Å². The Hall–Kier alpha value is -2.60. The molecule has 1 aromatic heterocycles. The van der Waals surface area contributed by atoms with E-state index in [0.29, 0.717) is 29.0 Å². The van der Waals surface area contributed by atoms with Crippen molar-refractivity contribution in [3.05, 3.63) is 51.8 Å². The molecule has 0 saturated carbocycles. The monoisotopic (exact) mass is 447 g/mol. The lowest BCUT2D eigenvalue weighted by Crippen LogP contribution is -2.60. The van der Waals surface area contributed by atoms with Crippen LogP contribution < -0.4 is 10.2 Å². The van der Waals surface area contributed by atoms with Crippen LogP contribution in [0.25, 0.3) is 10.9 Å². The number of hydrogen-bond acceptors (Lipinski definition) is 4. The minimum Gasteiger partial charge on any atom is -0.497 e. The van der Waals surface area contributed by atoms with Gasteiger partial charge in [-0.1, -0.05) is 18.1 Å². The van der Waals surface area contributed by atoms with Gasteiger partial charge in [0.25, 0.3) is 5.91 Å². The van der Waals surface area contributed by atoms with Crippen LogP contribution in [-0.2, 0) is 7.05 Å². The van der Waals surface area contributed by atoms with E-state index in [-0.39, 0.29) is 22.9 Å². The number of pyridine rings is 1. The van der Waals surface area contributed by atoms with Crippen LogP contribution in [0.4, 0.5) is 0 Å². The highest BCUT2D eigenvalue weighted by molar-refractivity contribution is 5.98. The van der Waals surface area contributed by atoms with Crippen molar-refractivity contribution >= 4 is 16.8 Å². The second kappa shape index (κ2) is 8.01. The van der Waals surface area contributed by atoms with E-state index in [1.54, 1.807) is 25.4 Å². The predicted molar refractivity (Wildman–Crippen MR) is 129 cm³/mol. The van der Waals surface area contributed by atoms with Gasteiger partial charge in [-0.3, -0.25) is 14.5 Å². The Morgan fingerprint density at radius 1 is 1.15 bits per heavy atom. The quantitative estimate of drug-likeness (QED) is 0.661. The van der Waals surface area contributed by atoms with Gasteiger partial charge >= 0.3 is 0 Å². The number of benzene rings is 1. The molecule has 1 amide bonds. The fraction of sp³-hybridized carbons (Fsp3) is 0.556. The number of aromatic nitrogens is 1. The molecule has 2 bridgehead atoms. The van der Waals surface area contributed by atoms with Gasteiger partial charge in [-0.25, -0.2) is 0 Å². The molecule has 6 nitrogen and oxygen atoms in total. The normalized spacial score (nSPS) is 29.3. The number of rotatable bonds is 2. The molecule has 6 rings (SSSR count). The summed E-state index contributed by atoms with van der Waals surface area (Å²) in [6.45, 7) is 3.01. The fourth-order valence-corrected chi connectivity index (χ4v) is 7.10. The Morgan fingerprint density at radius 2 is 2.03 bits per heavy atom. The van der Waals surface area contributed by atoms with Crippen molar-refractivity contribution < 1.29 is 9.53 Å². The molecule has 3 fully saturated rings. The Balaban J connectivity index is 1.37. The summed E-state index contributed by atoms with van der Waals surface area (Å²) in [5.74, 6) is 1.70. The van der Waals surface area contributed by atoms with Gasteiger partial charge in [-0.2, -0.15) is 0 Å². The van der Waals surface area contributed by atoms with Gasteiger partial charge < -0.3 is 14.2 Å². The number of carbonyl (C=O) groups excluding carboxylic acids is 1. The lowest BCUT2D eigenvalue weighted by molar-refractivity contribution is 0.00142. The van der Waals surface area contributed by atoms with E-state index >= 15 is 0 Å². The first-order chi connectivity index (χ1) is 16.0. The standard InChI is InChI=1S/C27H33N3O3/c1-28-16-22(26(31)21-9-8-20(33-2)14-24(21)28)27(32)30-11-5-6-17-12-18-13-19(25(17)30)15-29-10-4-3-7-23(18)29/h8-9,12,14,16,18-19,23,25H,3-7,10-11,13,15H2,1-2H3/t18-,19+,23-,25-/m1/s1. The highest BCUT2D eigenvalue weighted by atomic mass is 16.5. The van der Waals surface area contributed by atoms with Crippen LogP contribution in [0.3, 0.4) is 0 Å². The number of piperidine rings is 3. The Kier molecular flexibility index (Phi) is 5.09. The van der Waals surface area contributed by atoms with E-state index < -0.39 is 0 Å². The molecule has 6 heteroatoms. The first kappa shape index (κ1) is 21.0. The number of carbonyl (C=O) groups is 1. The number of fused-ring (bicyclic) bond motifs is 7. The van der Waals surface area contributed by atoms with Crippen LogP contribution >= 0.6 is 0 Å². The van der Waals surface area contributed by atoms with Crippen molar-refractivity contribution in [3.8, 4) is 5.75 Å². The van der Waals surface area contributed by atoms with Crippen LogP contribution in [0.1, 0.15) is 48.9 Å². The number of aryl methyl sites for hydroxylation is 1. The van der Waals surface area contributed by atoms with Crippen LogP contribution in [-0.4, -0.2) is 59.1 Å². The third-order valence-corrected chi connectivity index (χ3v) is 8.55. The predicted octanol–water partition coefficient (Wildman–Crippen LogP) is 3.58. The minimum absolute atomic E-state index is 0.108. The highest BCUT2D eigenvalue weighted by Crippen LogP contribution is 2.45. The van der Waals surface area contributed by atoms with Crippen molar-refractivity contribution in [1.29, 1.82) is 0 Å².